The summed E-state index contributed by atoms with van der Waals surface area (Å²) in [5.74, 6) is 0.440. The van der Waals surface area contributed by atoms with E-state index in [0.29, 0.717) is 23.7 Å². The van der Waals surface area contributed by atoms with E-state index in [0.717, 1.165) is 11.4 Å². The van der Waals surface area contributed by atoms with Gasteiger partial charge in [-0.2, -0.15) is 5.10 Å². The third-order valence-corrected chi connectivity index (χ3v) is 3.82. The Kier molecular flexibility index (Phi) is 5.31. The monoisotopic (exact) mass is 335 g/mol. The van der Waals surface area contributed by atoms with E-state index in [-0.39, 0.29) is 5.91 Å². The molecule has 1 N–H and O–H groups in total. The second kappa shape index (κ2) is 7.04. The second-order valence-corrected chi connectivity index (χ2v) is 6.41. The van der Waals surface area contributed by atoms with Crippen molar-refractivity contribution in [2.24, 2.45) is 7.05 Å². The number of amides is 1. The molecule has 23 heavy (non-hydrogen) atoms. The number of ether oxygens (including phenoxy) is 1. The maximum absolute atomic E-state index is 12.3. The van der Waals surface area contributed by atoms with Gasteiger partial charge in [0.1, 0.15) is 5.75 Å². The Balaban J connectivity index is 1.86. The molecule has 6 heteroatoms. The number of aryl methyl sites for hydroxylation is 2. The molecule has 0 bridgehead atoms. The standard InChI is InChI=1S/C17H22ClN3O2/c1-12-11-14(20-21(12)4)9-10-19-16(22)17(2,3)23-15-7-5-13(18)6-8-15/h5-8,11H,9-10H2,1-4H3,(H,19,22). The van der Waals surface area contributed by atoms with Crippen LogP contribution in [0.2, 0.25) is 5.02 Å². The molecule has 0 spiro atoms. The van der Waals surface area contributed by atoms with Gasteiger partial charge < -0.3 is 10.1 Å². The molecule has 1 aromatic heterocycles. The molecule has 2 aromatic rings. The number of rotatable bonds is 6. The van der Waals surface area contributed by atoms with Crippen LogP contribution in [0.15, 0.2) is 30.3 Å². The fourth-order valence-electron chi connectivity index (χ4n) is 2.12. The number of benzene rings is 1. The topological polar surface area (TPSA) is 56.1 Å². The zero-order valence-electron chi connectivity index (χ0n) is 13.9. The van der Waals surface area contributed by atoms with Crippen molar-refractivity contribution in [2.45, 2.75) is 32.8 Å². The SMILES string of the molecule is Cc1cc(CCNC(=O)C(C)(C)Oc2ccc(Cl)cc2)nn1C. The van der Waals surface area contributed by atoms with Gasteiger partial charge in [0.25, 0.3) is 5.91 Å². The summed E-state index contributed by atoms with van der Waals surface area (Å²) in [5, 5.41) is 7.89. The van der Waals surface area contributed by atoms with Crippen molar-refractivity contribution in [1.29, 1.82) is 0 Å². The van der Waals surface area contributed by atoms with Crippen LogP contribution in [0, 0.1) is 6.92 Å². The molecule has 1 aromatic carbocycles. The van der Waals surface area contributed by atoms with Crippen LogP contribution < -0.4 is 10.1 Å². The highest BCUT2D eigenvalue weighted by atomic mass is 35.5. The predicted molar refractivity (Wildman–Crippen MR) is 90.8 cm³/mol. The highest BCUT2D eigenvalue weighted by Gasteiger charge is 2.29. The van der Waals surface area contributed by atoms with E-state index in [1.807, 2.05) is 24.7 Å². The number of hydrogen-bond acceptors (Lipinski definition) is 3. The lowest BCUT2D eigenvalue weighted by Gasteiger charge is -2.25. The van der Waals surface area contributed by atoms with E-state index < -0.39 is 5.60 Å². The molecule has 0 radical (unpaired) electrons. The molecule has 0 saturated carbocycles. The maximum Gasteiger partial charge on any atom is 0.263 e. The first-order chi connectivity index (χ1) is 10.8. The van der Waals surface area contributed by atoms with Crippen molar-refractivity contribution < 1.29 is 9.53 Å². The summed E-state index contributed by atoms with van der Waals surface area (Å²) < 4.78 is 7.58. The molecule has 1 amide bonds. The van der Waals surface area contributed by atoms with E-state index in [9.17, 15) is 4.79 Å². The highest BCUT2D eigenvalue weighted by Crippen LogP contribution is 2.21. The normalized spacial score (nSPS) is 11.3. The van der Waals surface area contributed by atoms with Crippen LogP contribution in [0.1, 0.15) is 25.2 Å². The lowest BCUT2D eigenvalue weighted by molar-refractivity contribution is -0.134. The fraction of sp³-hybridized carbons (Fsp3) is 0.412. The highest BCUT2D eigenvalue weighted by molar-refractivity contribution is 6.30. The molecular formula is C17H22ClN3O2. The van der Waals surface area contributed by atoms with Crippen molar-refractivity contribution >= 4 is 17.5 Å². The lowest BCUT2D eigenvalue weighted by atomic mass is 10.1. The van der Waals surface area contributed by atoms with Gasteiger partial charge in [-0.1, -0.05) is 11.6 Å². The van der Waals surface area contributed by atoms with Crippen LogP contribution in [0.3, 0.4) is 0 Å². The number of aromatic nitrogens is 2. The average molecular weight is 336 g/mol. The van der Waals surface area contributed by atoms with Crippen LogP contribution >= 0.6 is 11.6 Å². The minimum Gasteiger partial charge on any atom is -0.478 e. The molecule has 0 unspecified atom stereocenters. The summed E-state index contributed by atoms with van der Waals surface area (Å²) in [6, 6.07) is 8.96. The van der Waals surface area contributed by atoms with Crippen LogP contribution in [-0.2, 0) is 18.3 Å². The molecule has 124 valence electrons. The summed E-state index contributed by atoms with van der Waals surface area (Å²) in [7, 11) is 1.90. The maximum atomic E-state index is 12.3. The second-order valence-electron chi connectivity index (χ2n) is 5.97. The first-order valence-corrected chi connectivity index (χ1v) is 7.88. The van der Waals surface area contributed by atoms with E-state index in [1.54, 1.807) is 38.1 Å². The molecule has 0 aliphatic rings. The van der Waals surface area contributed by atoms with Crippen LogP contribution in [0.25, 0.3) is 0 Å². The molecule has 0 atom stereocenters. The number of halogens is 1. The van der Waals surface area contributed by atoms with Gasteiger partial charge in [-0.05, 0) is 51.1 Å². The quantitative estimate of drug-likeness (QED) is 0.883. The molecule has 1 heterocycles. The smallest absolute Gasteiger partial charge is 0.263 e. The molecule has 0 aliphatic carbocycles. The van der Waals surface area contributed by atoms with E-state index in [2.05, 4.69) is 10.4 Å². The van der Waals surface area contributed by atoms with Crippen molar-refractivity contribution in [1.82, 2.24) is 15.1 Å². The van der Waals surface area contributed by atoms with Crippen LogP contribution in [0.4, 0.5) is 0 Å². The van der Waals surface area contributed by atoms with Gasteiger partial charge in [0, 0.05) is 30.7 Å². The Bertz CT molecular complexity index is 658. The average Bonchev–Trinajstić information content (AvgIpc) is 2.80. The number of carbonyl (C=O) groups excluding carboxylic acids is 1. The van der Waals surface area contributed by atoms with Gasteiger partial charge in [0.05, 0.1) is 5.69 Å². The molecule has 0 saturated heterocycles. The molecular weight excluding hydrogens is 314 g/mol. The number of nitrogens with zero attached hydrogens (tertiary/aromatic N) is 2. The van der Waals surface area contributed by atoms with E-state index in [1.165, 1.54) is 0 Å². The Hall–Kier alpha value is -2.01. The Morgan fingerprint density at radius 2 is 2.00 bits per heavy atom. The van der Waals surface area contributed by atoms with Gasteiger partial charge in [0.15, 0.2) is 5.60 Å². The Morgan fingerprint density at radius 1 is 1.35 bits per heavy atom. The summed E-state index contributed by atoms with van der Waals surface area (Å²) >= 11 is 5.84. The zero-order valence-corrected chi connectivity index (χ0v) is 14.6. The summed E-state index contributed by atoms with van der Waals surface area (Å²) in [6.07, 6.45) is 0.685. The van der Waals surface area contributed by atoms with Gasteiger partial charge in [0.2, 0.25) is 0 Å². The van der Waals surface area contributed by atoms with E-state index >= 15 is 0 Å². The largest absolute Gasteiger partial charge is 0.478 e. The first-order valence-electron chi connectivity index (χ1n) is 7.50. The van der Waals surface area contributed by atoms with Crippen LogP contribution in [0.5, 0.6) is 5.75 Å². The van der Waals surface area contributed by atoms with Crippen molar-refractivity contribution in [3.8, 4) is 5.75 Å². The molecule has 0 aliphatic heterocycles. The summed E-state index contributed by atoms with van der Waals surface area (Å²) in [4.78, 5) is 12.3. The molecule has 0 fully saturated rings. The third-order valence-electron chi connectivity index (χ3n) is 3.56. The lowest BCUT2D eigenvalue weighted by Crippen LogP contribution is -2.47. The van der Waals surface area contributed by atoms with Crippen molar-refractivity contribution in [2.75, 3.05) is 6.54 Å². The fourth-order valence-corrected chi connectivity index (χ4v) is 2.24. The van der Waals surface area contributed by atoms with Gasteiger partial charge in [-0.15, -0.1) is 0 Å². The third kappa shape index (κ3) is 4.73. The summed E-state index contributed by atoms with van der Waals surface area (Å²) in [5.41, 5.74) is 1.09. The van der Waals surface area contributed by atoms with Gasteiger partial charge in [-0.25, -0.2) is 0 Å². The Morgan fingerprint density at radius 3 is 2.57 bits per heavy atom. The van der Waals surface area contributed by atoms with E-state index in [4.69, 9.17) is 16.3 Å². The number of carbonyl (C=O) groups is 1. The van der Waals surface area contributed by atoms with Crippen molar-refractivity contribution in [3.05, 3.63) is 46.7 Å². The van der Waals surface area contributed by atoms with Crippen LogP contribution in [-0.4, -0.2) is 27.8 Å². The van der Waals surface area contributed by atoms with Crippen molar-refractivity contribution in [3.63, 3.8) is 0 Å². The minimum absolute atomic E-state index is 0.167. The predicted octanol–water partition coefficient (Wildman–Crippen LogP) is 2.90. The molecule has 5 nitrogen and oxygen atoms in total. The summed E-state index contributed by atoms with van der Waals surface area (Å²) in [6.45, 7) is 5.99. The zero-order chi connectivity index (χ0) is 17.0. The first kappa shape index (κ1) is 17.3. The molecule has 2 rings (SSSR count). The number of hydrogen-bond donors (Lipinski definition) is 1. The number of nitrogens with one attached hydrogen (secondary N) is 1. The Labute approximate surface area is 141 Å². The van der Waals surface area contributed by atoms with Gasteiger partial charge >= 0.3 is 0 Å². The minimum atomic E-state index is -0.964. The van der Waals surface area contributed by atoms with Gasteiger partial charge in [-0.3, -0.25) is 9.48 Å².